The van der Waals surface area contributed by atoms with Gasteiger partial charge < -0.3 is 11.5 Å². The van der Waals surface area contributed by atoms with E-state index in [1.165, 1.54) is 12.1 Å². The van der Waals surface area contributed by atoms with Gasteiger partial charge in [0, 0.05) is 0 Å². The molecule has 0 aliphatic rings. The highest BCUT2D eigenvalue weighted by atomic mass is 17.3. The molecule has 0 amide bonds. The first-order valence-corrected chi connectivity index (χ1v) is 4.36. The molecule has 1 rings (SSSR count). The molecule has 0 heterocycles. The quantitative estimate of drug-likeness (QED) is 0.290. The van der Waals surface area contributed by atoms with E-state index < -0.39 is 11.9 Å². The number of nitrogen functional groups attached to an aromatic ring is 2. The van der Waals surface area contributed by atoms with E-state index in [1.54, 1.807) is 0 Å². The molecule has 10 nitrogen and oxygen atoms in total. The van der Waals surface area contributed by atoms with E-state index >= 15 is 0 Å². The fraction of sp³-hybridized carbons (Fsp3) is 0. The SMILES string of the molecule is NOOC(=O)c1ccc(N)c(N)c1C(=O)OON. The number of hydrogen-bond acceptors (Lipinski definition) is 10. The maximum Gasteiger partial charge on any atom is 0.378 e. The lowest BCUT2D eigenvalue weighted by Gasteiger charge is -2.10. The van der Waals surface area contributed by atoms with Gasteiger partial charge in [0.25, 0.3) is 0 Å². The van der Waals surface area contributed by atoms with Gasteiger partial charge in [0.2, 0.25) is 0 Å². The summed E-state index contributed by atoms with van der Waals surface area (Å²) in [6.07, 6.45) is 0. The van der Waals surface area contributed by atoms with Crippen molar-refractivity contribution in [1.82, 2.24) is 0 Å². The van der Waals surface area contributed by atoms with Crippen LogP contribution in [-0.2, 0) is 19.8 Å². The standard InChI is InChI=1S/C8H10N4O6/c9-4-2-1-3(7(13)15-17-11)5(6(4)10)8(14)16-18-12/h1-2H,9-12H2. The normalized spacial score (nSPS) is 9.89. The lowest BCUT2D eigenvalue weighted by atomic mass is 10.0. The van der Waals surface area contributed by atoms with Crippen LogP contribution in [0.1, 0.15) is 20.7 Å². The second-order valence-electron chi connectivity index (χ2n) is 2.93. The van der Waals surface area contributed by atoms with E-state index in [2.05, 4.69) is 31.5 Å². The number of anilines is 2. The van der Waals surface area contributed by atoms with Gasteiger partial charge in [-0.05, 0) is 12.1 Å². The van der Waals surface area contributed by atoms with Crippen molar-refractivity contribution in [2.75, 3.05) is 11.5 Å². The van der Waals surface area contributed by atoms with Crippen molar-refractivity contribution in [3.63, 3.8) is 0 Å². The summed E-state index contributed by atoms with van der Waals surface area (Å²) in [4.78, 5) is 38.4. The van der Waals surface area contributed by atoms with Gasteiger partial charge in [0.15, 0.2) is 0 Å². The molecule has 0 saturated heterocycles. The van der Waals surface area contributed by atoms with E-state index in [0.717, 1.165) is 0 Å². The van der Waals surface area contributed by atoms with E-state index in [9.17, 15) is 9.59 Å². The van der Waals surface area contributed by atoms with Crippen LogP contribution in [0, 0.1) is 0 Å². The minimum atomic E-state index is -1.13. The average molecular weight is 258 g/mol. The summed E-state index contributed by atoms with van der Waals surface area (Å²) >= 11 is 0. The van der Waals surface area contributed by atoms with Crippen molar-refractivity contribution in [3.8, 4) is 0 Å². The van der Waals surface area contributed by atoms with Crippen molar-refractivity contribution in [1.29, 1.82) is 0 Å². The molecule has 1 aromatic rings. The molecule has 0 spiro atoms. The highest BCUT2D eigenvalue weighted by molar-refractivity contribution is 6.08. The summed E-state index contributed by atoms with van der Waals surface area (Å²) < 4.78 is 0. The van der Waals surface area contributed by atoms with Gasteiger partial charge in [-0.25, -0.2) is 9.59 Å². The third-order valence-corrected chi connectivity index (χ3v) is 1.95. The number of carbonyl (C=O) groups is 2. The molecule has 0 aliphatic heterocycles. The molecule has 0 fully saturated rings. The fourth-order valence-corrected chi connectivity index (χ4v) is 1.20. The summed E-state index contributed by atoms with van der Waals surface area (Å²) in [6, 6.07) is 2.45. The molecule has 1 aromatic carbocycles. The molecule has 10 heteroatoms. The van der Waals surface area contributed by atoms with E-state index in [4.69, 9.17) is 11.5 Å². The Labute approximate surface area is 100 Å². The minimum absolute atomic E-state index is 0.0455. The van der Waals surface area contributed by atoms with Gasteiger partial charge in [-0.3, -0.25) is 9.78 Å². The molecule has 18 heavy (non-hydrogen) atoms. The van der Waals surface area contributed by atoms with Gasteiger partial charge in [-0.1, -0.05) is 9.98 Å². The van der Waals surface area contributed by atoms with Gasteiger partial charge in [-0.15, -0.1) is 0 Å². The summed E-state index contributed by atoms with van der Waals surface area (Å²) in [5.41, 5.74) is 10.2. The van der Waals surface area contributed by atoms with Crippen molar-refractivity contribution >= 4 is 23.3 Å². The van der Waals surface area contributed by atoms with Crippen molar-refractivity contribution in [3.05, 3.63) is 23.3 Å². The molecule has 0 unspecified atom stereocenters. The van der Waals surface area contributed by atoms with E-state index in [1.807, 2.05) is 0 Å². The summed E-state index contributed by atoms with van der Waals surface area (Å²) in [5, 5.41) is 0. The maximum absolute atomic E-state index is 11.5. The molecule has 8 N–H and O–H groups in total. The summed E-state index contributed by atoms with van der Waals surface area (Å²) in [6.45, 7) is 0. The molecule has 0 radical (unpaired) electrons. The third-order valence-electron chi connectivity index (χ3n) is 1.95. The topological polar surface area (TPSA) is 175 Å². The first-order valence-electron chi connectivity index (χ1n) is 4.36. The molecular weight excluding hydrogens is 248 g/mol. The highest BCUT2D eigenvalue weighted by Crippen LogP contribution is 2.25. The second-order valence-corrected chi connectivity index (χ2v) is 2.93. The van der Waals surface area contributed by atoms with Crippen molar-refractivity contribution in [2.24, 2.45) is 11.8 Å². The van der Waals surface area contributed by atoms with E-state index in [-0.39, 0.29) is 22.5 Å². The van der Waals surface area contributed by atoms with Crippen molar-refractivity contribution < 1.29 is 29.3 Å². The monoisotopic (exact) mass is 258 g/mol. The van der Waals surface area contributed by atoms with E-state index in [0.29, 0.717) is 0 Å². The van der Waals surface area contributed by atoms with Crippen LogP contribution < -0.4 is 23.3 Å². The highest BCUT2D eigenvalue weighted by Gasteiger charge is 2.25. The largest absolute Gasteiger partial charge is 0.397 e. The van der Waals surface area contributed by atoms with Crippen molar-refractivity contribution in [2.45, 2.75) is 0 Å². The van der Waals surface area contributed by atoms with Crippen LogP contribution in [0.4, 0.5) is 11.4 Å². The van der Waals surface area contributed by atoms with Crippen LogP contribution >= 0.6 is 0 Å². The molecule has 98 valence electrons. The van der Waals surface area contributed by atoms with Crippen LogP contribution in [0.2, 0.25) is 0 Å². The van der Waals surface area contributed by atoms with Gasteiger partial charge >= 0.3 is 11.9 Å². The Bertz CT molecular complexity index is 477. The zero-order valence-electron chi connectivity index (χ0n) is 8.91. The van der Waals surface area contributed by atoms with Crippen LogP contribution in [0.3, 0.4) is 0 Å². The minimum Gasteiger partial charge on any atom is -0.397 e. The maximum atomic E-state index is 11.5. The van der Waals surface area contributed by atoms with Crippen LogP contribution in [0.5, 0.6) is 0 Å². The number of carbonyl (C=O) groups excluding carboxylic acids is 2. The Morgan fingerprint density at radius 3 is 2.06 bits per heavy atom. The van der Waals surface area contributed by atoms with Crippen LogP contribution in [-0.4, -0.2) is 11.9 Å². The number of rotatable bonds is 4. The summed E-state index contributed by atoms with van der Waals surface area (Å²) in [7, 11) is 0. The number of nitrogens with two attached hydrogens (primary N) is 4. The van der Waals surface area contributed by atoms with Crippen LogP contribution in [0.15, 0.2) is 12.1 Å². The Kier molecular flexibility index (Phi) is 4.39. The lowest BCUT2D eigenvalue weighted by molar-refractivity contribution is -0.247. The predicted octanol–water partition coefficient (Wildman–Crippen LogP) is -1.22. The smallest absolute Gasteiger partial charge is 0.378 e. The Morgan fingerprint density at radius 1 is 0.944 bits per heavy atom. The molecule has 0 aliphatic carbocycles. The van der Waals surface area contributed by atoms with Gasteiger partial charge in [0.1, 0.15) is 5.56 Å². The predicted molar refractivity (Wildman–Crippen MR) is 56.6 cm³/mol. The average Bonchev–Trinajstić information content (AvgIpc) is 2.32. The lowest BCUT2D eigenvalue weighted by Crippen LogP contribution is -2.19. The number of benzene rings is 1. The molecule has 0 bridgehead atoms. The second kappa shape index (κ2) is 5.79. The fourth-order valence-electron chi connectivity index (χ4n) is 1.20. The third kappa shape index (κ3) is 2.64. The zero-order valence-corrected chi connectivity index (χ0v) is 8.91. The first-order chi connectivity index (χ1) is 8.52. The Hall–Kier alpha value is -2.40. The van der Waals surface area contributed by atoms with Gasteiger partial charge in [0.05, 0.1) is 16.9 Å². The Balaban J connectivity index is 3.29. The number of hydrogen-bond donors (Lipinski definition) is 4. The molecule has 0 saturated carbocycles. The first kappa shape index (κ1) is 13.7. The van der Waals surface area contributed by atoms with Crippen LogP contribution in [0.25, 0.3) is 0 Å². The zero-order chi connectivity index (χ0) is 13.7. The Morgan fingerprint density at radius 2 is 1.50 bits per heavy atom. The van der Waals surface area contributed by atoms with Gasteiger partial charge in [-0.2, -0.15) is 11.8 Å². The summed E-state index contributed by atoms with van der Waals surface area (Å²) in [5.74, 6) is 6.91. The molecular formula is C8H10N4O6. The molecule has 0 aromatic heterocycles. The molecule has 0 atom stereocenters.